The Labute approximate surface area is 192 Å². The number of benzene rings is 2. The molecule has 0 saturated carbocycles. The number of carbonyl (C=O) groups is 1. The van der Waals surface area contributed by atoms with Gasteiger partial charge in [0.25, 0.3) is 0 Å². The van der Waals surface area contributed by atoms with Crippen LogP contribution >= 0.6 is 0 Å². The van der Waals surface area contributed by atoms with Crippen molar-refractivity contribution in [2.24, 2.45) is 0 Å². The molecule has 1 saturated heterocycles. The van der Waals surface area contributed by atoms with E-state index < -0.39 is 9.84 Å². The fourth-order valence-electron chi connectivity index (χ4n) is 3.82. The van der Waals surface area contributed by atoms with Crippen molar-refractivity contribution >= 4 is 21.8 Å². The lowest BCUT2D eigenvalue weighted by molar-refractivity contribution is -0.128. The summed E-state index contributed by atoms with van der Waals surface area (Å²) in [6, 6.07) is 15.4. The molecule has 1 amide bonds. The maximum absolute atomic E-state index is 13.1. The van der Waals surface area contributed by atoms with Gasteiger partial charge >= 0.3 is 0 Å². The van der Waals surface area contributed by atoms with Crippen LogP contribution in [0.3, 0.4) is 0 Å². The average molecular weight is 456 g/mol. The van der Waals surface area contributed by atoms with E-state index in [9.17, 15) is 13.2 Å². The maximum Gasteiger partial charge on any atom is 0.247 e. The predicted molar refractivity (Wildman–Crippen MR) is 129 cm³/mol. The van der Waals surface area contributed by atoms with E-state index in [1.54, 1.807) is 17.1 Å². The summed E-state index contributed by atoms with van der Waals surface area (Å²) in [5.41, 5.74) is 3.18. The highest BCUT2D eigenvalue weighted by Gasteiger charge is 2.34. The Hall–Kier alpha value is -2.60. The molecule has 1 unspecified atom stereocenters. The van der Waals surface area contributed by atoms with E-state index in [1.165, 1.54) is 5.56 Å². The smallest absolute Gasteiger partial charge is 0.247 e. The summed E-state index contributed by atoms with van der Waals surface area (Å²) in [7, 11) is -3.10. The van der Waals surface area contributed by atoms with E-state index >= 15 is 0 Å². The molecular formula is C26H33NO4S. The first-order valence-electron chi connectivity index (χ1n) is 11.1. The molecule has 1 atom stereocenters. The molecule has 172 valence electrons. The van der Waals surface area contributed by atoms with Gasteiger partial charge in [-0.25, -0.2) is 8.42 Å². The molecule has 1 fully saturated rings. The van der Waals surface area contributed by atoms with Crippen LogP contribution in [0.4, 0.5) is 0 Å². The van der Waals surface area contributed by atoms with Crippen molar-refractivity contribution in [2.45, 2.75) is 52.1 Å². The largest absolute Gasteiger partial charge is 0.494 e. The van der Waals surface area contributed by atoms with Gasteiger partial charge in [-0.05, 0) is 53.7 Å². The van der Waals surface area contributed by atoms with E-state index in [1.807, 2.05) is 43.3 Å². The number of ether oxygens (including phenoxy) is 1. The summed E-state index contributed by atoms with van der Waals surface area (Å²) in [5, 5.41) is 0. The number of hydrogen-bond donors (Lipinski definition) is 0. The van der Waals surface area contributed by atoms with Crippen molar-refractivity contribution in [3.05, 3.63) is 71.3 Å². The molecule has 0 spiro atoms. The maximum atomic E-state index is 13.1. The van der Waals surface area contributed by atoms with Crippen molar-refractivity contribution in [2.75, 3.05) is 18.1 Å². The quantitative estimate of drug-likeness (QED) is 0.572. The zero-order chi connectivity index (χ0) is 23.4. The van der Waals surface area contributed by atoms with Crippen LogP contribution in [0, 0.1) is 0 Å². The van der Waals surface area contributed by atoms with Gasteiger partial charge in [-0.15, -0.1) is 0 Å². The summed E-state index contributed by atoms with van der Waals surface area (Å²) in [6.07, 6.45) is 3.81. The lowest BCUT2D eigenvalue weighted by Crippen LogP contribution is -2.39. The Bertz CT molecular complexity index is 1050. The molecule has 0 aromatic heterocycles. The van der Waals surface area contributed by atoms with Gasteiger partial charge in [-0.3, -0.25) is 4.79 Å². The number of rotatable bonds is 7. The number of nitrogens with zero attached hydrogens (tertiary/aromatic N) is 1. The molecule has 0 aliphatic carbocycles. The van der Waals surface area contributed by atoms with Crippen LogP contribution in [0.2, 0.25) is 0 Å². The number of hydrogen-bond acceptors (Lipinski definition) is 4. The fraction of sp³-hybridized carbons (Fsp3) is 0.423. The summed E-state index contributed by atoms with van der Waals surface area (Å²) in [5.74, 6) is 0.740. The molecular weight excluding hydrogens is 422 g/mol. The van der Waals surface area contributed by atoms with Crippen LogP contribution < -0.4 is 4.74 Å². The van der Waals surface area contributed by atoms with Crippen LogP contribution in [0.15, 0.2) is 54.6 Å². The molecule has 3 rings (SSSR count). The van der Waals surface area contributed by atoms with Gasteiger partial charge in [0, 0.05) is 18.7 Å². The lowest BCUT2D eigenvalue weighted by Gasteiger charge is -2.27. The second kappa shape index (κ2) is 9.90. The summed E-state index contributed by atoms with van der Waals surface area (Å²) < 4.78 is 29.6. The SMILES string of the molecule is CCOc1ccc(CN(C(=O)/C=C/c2ccc(C(C)(C)C)cc2)C2CCS(=O)(=O)C2)cc1. The molecule has 1 aliphatic rings. The molecule has 2 aromatic rings. The van der Waals surface area contributed by atoms with Crippen molar-refractivity contribution in [1.29, 1.82) is 0 Å². The minimum absolute atomic E-state index is 0.0177. The zero-order valence-electron chi connectivity index (χ0n) is 19.4. The Balaban J connectivity index is 1.77. The predicted octanol–water partition coefficient (Wildman–Crippen LogP) is 4.61. The van der Waals surface area contributed by atoms with Gasteiger partial charge < -0.3 is 9.64 Å². The third kappa shape index (κ3) is 6.45. The second-order valence-electron chi connectivity index (χ2n) is 9.31. The van der Waals surface area contributed by atoms with Crippen molar-refractivity contribution in [3.63, 3.8) is 0 Å². The first kappa shape index (κ1) is 24.1. The van der Waals surface area contributed by atoms with Gasteiger partial charge in [0.15, 0.2) is 9.84 Å². The van der Waals surface area contributed by atoms with Crippen LogP contribution in [-0.4, -0.2) is 43.4 Å². The minimum atomic E-state index is -3.10. The first-order chi connectivity index (χ1) is 15.1. The summed E-state index contributed by atoms with van der Waals surface area (Å²) in [4.78, 5) is 14.8. The number of carbonyl (C=O) groups excluding carboxylic acids is 1. The van der Waals surface area contributed by atoms with E-state index in [-0.39, 0.29) is 28.9 Å². The zero-order valence-corrected chi connectivity index (χ0v) is 20.2. The van der Waals surface area contributed by atoms with Gasteiger partial charge in [-0.1, -0.05) is 57.2 Å². The Morgan fingerprint density at radius 2 is 1.75 bits per heavy atom. The normalized spacial score (nSPS) is 18.1. The van der Waals surface area contributed by atoms with Crippen molar-refractivity contribution < 1.29 is 17.9 Å². The highest BCUT2D eigenvalue weighted by atomic mass is 32.2. The van der Waals surface area contributed by atoms with Gasteiger partial charge in [0.1, 0.15) is 5.75 Å². The van der Waals surface area contributed by atoms with E-state index in [0.717, 1.165) is 16.9 Å². The van der Waals surface area contributed by atoms with Crippen LogP contribution in [0.5, 0.6) is 5.75 Å². The van der Waals surface area contributed by atoms with E-state index in [2.05, 4.69) is 32.9 Å². The molecule has 6 heteroatoms. The second-order valence-corrected chi connectivity index (χ2v) is 11.5. The molecule has 32 heavy (non-hydrogen) atoms. The summed E-state index contributed by atoms with van der Waals surface area (Å²) >= 11 is 0. The molecule has 1 heterocycles. The third-order valence-corrected chi connectivity index (χ3v) is 7.46. The fourth-order valence-corrected chi connectivity index (χ4v) is 5.55. The highest BCUT2D eigenvalue weighted by Crippen LogP contribution is 2.24. The standard InChI is InChI=1S/C26H33NO4S/c1-5-31-24-13-8-21(9-14-24)18-27(23-16-17-32(29,30)19-23)25(28)15-10-20-6-11-22(12-7-20)26(2,3)4/h6-15,23H,5,16-19H2,1-4H3/b15-10+. The topological polar surface area (TPSA) is 63.7 Å². The van der Waals surface area contributed by atoms with Gasteiger partial charge in [0.05, 0.1) is 18.1 Å². The lowest BCUT2D eigenvalue weighted by atomic mass is 9.87. The molecule has 1 aliphatic heterocycles. The Morgan fingerprint density at radius 3 is 2.28 bits per heavy atom. The minimum Gasteiger partial charge on any atom is -0.494 e. The number of sulfone groups is 1. The van der Waals surface area contributed by atoms with E-state index in [0.29, 0.717) is 19.6 Å². The molecule has 0 bridgehead atoms. The Kier molecular flexibility index (Phi) is 7.44. The molecule has 0 radical (unpaired) electrons. The first-order valence-corrected chi connectivity index (χ1v) is 12.9. The molecule has 2 aromatic carbocycles. The highest BCUT2D eigenvalue weighted by molar-refractivity contribution is 7.91. The van der Waals surface area contributed by atoms with Crippen LogP contribution in [-0.2, 0) is 26.6 Å². The van der Waals surface area contributed by atoms with Crippen molar-refractivity contribution in [3.8, 4) is 5.75 Å². The van der Waals surface area contributed by atoms with Gasteiger partial charge in [0.2, 0.25) is 5.91 Å². The molecule has 5 nitrogen and oxygen atoms in total. The van der Waals surface area contributed by atoms with Crippen molar-refractivity contribution in [1.82, 2.24) is 4.90 Å². The average Bonchev–Trinajstić information content (AvgIpc) is 3.10. The van der Waals surface area contributed by atoms with E-state index in [4.69, 9.17) is 4.74 Å². The third-order valence-electron chi connectivity index (χ3n) is 5.71. The van der Waals surface area contributed by atoms with Crippen LogP contribution in [0.1, 0.15) is 50.8 Å². The Morgan fingerprint density at radius 1 is 1.09 bits per heavy atom. The molecule has 0 N–H and O–H groups in total. The van der Waals surface area contributed by atoms with Crippen LogP contribution in [0.25, 0.3) is 6.08 Å². The summed E-state index contributed by atoms with van der Waals surface area (Å²) in [6.45, 7) is 9.36. The monoisotopic (exact) mass is 455 g/mol. The number of amides is 1. The van der Waals surface area contributed by atoms with Gasteiger partial charge in [-0.2, -0.15) is 0 Å².